The zero-order chi connectivity index (χ0) is 19.8. The van der Waals surface area contributed by atoms with E-state index in [2.05, 4.69) is 15.6 Å². The van der Waals surface area contributed by atoms with Crippen LogP contribution in [0.1, 0.15) is 27.2 Å². The third-order valence-electron chi connectivity index (χ3n) is 4.48. The predicted octanol–water partition coefficient (Wildman–Crippen LogP) is 4.02. The molecule has 0 aliphatic heterocycles. The minimum atomic E-state index is -0.609. The first-order valence-corrected chi connectivity index (χ1v) is 8.68. The Morgan fingerprint density at radius 3 is 2.54 bits per heavy atom. The Bertz CT molecular complexity index is 1270. The molecule has 2 aromatic heterocycles. The zero-order valence-corrected chi connectivity index (χ0v) is 15.6. The highest BCUT2D eigenvalue weighted by Crippen LogP contribution is 2.28. The lowest BCUT2D eigenvalue weighted by Crippen LogP contribution is -2.15. The van der Waals surface area contributed by atoms with Crippen molar-refractivity contribution in [3.05, 3.63) is 75.1 Å². The van der Waals surface area contributed by atoms with E-state index in [1.807, 2.05) is 45.0 Å². The fourth-order valence-electron chi connectivity index (χ4n) is 2.98. The van der Waals surface area contributed by atoms with Gasteiger partial charge in [0.2, 0.25) is 5.82 Å². The summed E-state index contributed by atoms with van der Waals surface area (Å²) in [6.07, 6.45) is 0. The number of carbonyl (C=O) groups excluding carboxylic acids is 1. The van der Waals surface area contributed by atoms with E-state index in [9.17, 15) is 9.59 Å². The molecule has 0 saturated heterocycles. The van der Waals surface area contributed by atoms with Gasteiger partial charge in [-0.2, -0.15) is 0 Å². The van der Waals surface area contributed by atoms with Gasteiger partial charge in [0.05, 0.1) is 5.39 Å². The van der Waals surface area contributed by atoms with Gasteiger partial charge < -0.3 is 4.42 Å². The number of benzene rings is 2. The van der Waals surface area contributed by atoms with Gasteiger partial charge in [-0.1, -0.05) is 23.8 Å². The fourth-order valence-corrected chi connectivity index (χ4v) is 2.98. The number of fused-ring (bicyclic) bond motifs is 1. The topological polar surface area (TPSA) is 98.2 Å². The van der Waals surface area contributed by atoms with E-state index in [1.165, 1.54) is 0 Å². The SMILES string of the molecule is Cc1ccc(C)c(-c2nonc2NC(=O)c2cc(=O)c3ccc(C)cc3o2)c1. The first-order valence-electron chi connectivity index (χ1n) is 8.68. The van der Waals surface area contributed by atoms with E-state index in [1.54, 1.807) is 12.1 Å². The van der Waals surface area contributed by atoms with Gasteiger partial charge in [0.25, 0.3) is 5.91 Å². The molecule has 0 aliphatic rings. The normalized spacial score (nSPS) is 11.0. The molecule has 0 saturated carbocycles. The number of amides is 1. The van der Waals surface area contributed by atoms with Crippen molar-refractivity contribution in [2.75, 3.05) is 5.32 Å². The molecule has 0 bridgehead atoms. The fraction of sp³-hybridized carbons (Fsp3) is 0.143. The maximum atomic E-state index is 12.7. The second-order valence-electron chi connectivity index (χ2n) is 6.71. The second-order valence-corrected chi connectivity index (χ2v) is 6.71. The maximum absolute atomic E-state index is 12.7. The monoisotopic (exact) mass is 375 g/mol. The molecule has 0 atom stereocenters. The summed E-state index contributed by atoms with van der Waals surface area (Å²) in [6, 6.07) is 12.2. The molecule has 0 radical (unpaired) electrons. The quantitative estimate of drug-likeness (QED) is 0.581. The zero-order valence-electron chi connectivity index (χ0n) is 15.6. The molecule has 140 valence electrons. The number of anilines is 1. The van der Waals surface area contributed by atoms with Crippen LogP contribution in [-0.2, 0) is 0 Å². The van der Waals surface area contributed by atoms with E-state index in [-0.39, 0.29) is 17.0 Å². The average molecular weight is 375 g/mol. The second kappa shape index (κ2) is 6.77. The third-order valence-corrected chi connectivity index (χ3v) is 4.48. The van der Waals surface area contributed by atoms with Crippen molar-refractivity contribution in [3.63, 3.8) is 0 Å². The minimum Gasteiger partial charge on any atom is -0.451 e. The molecule has 7 nitrogen and oxygen atoms in total. The molecule has 4 aromatic rings. The summed E-state index contributed by atoms with van der Waals surface area (Å²) >= 11 is 0. The average Bonchev–Trinajstić information content (AvgIpc) is 3.11. The van der Waals surface area contributed by atoms with Crippen LogP contribution in [0.5, 0.6) is 0 Å². The Morgan fingerprint density at radius 1 is 0.964 bits per heavy atom. The first kappa shape index (κ1) is 17.7. The van der Waals surface area contributed by atoms with Crippen LogP contribution in [0.25, 0.3) is 22.2 Å². The highest BCUT2D eigenvalue weighted by atomic mass is 16.6. The molecule has 0 spiro atoms. The molecule has 28 heavy (non-hydrogen) atoms. The van der Waals surface area contributed by atoms with Crippen LogP contribution in [-0.4, -0.2) is 16.2 Å². The molecule has 0 aliphatic carbocycles. The highest BCUT2D eigenvalue weighted by molar-refractivity contribution is 6.04. The van der Waals surface area contributed by atoms with Gasteiger partial charge in [-0.05, 0) is 60.4 Å². The molecule has 7 heteroatoms. The molecular formula is C21H17N3O4. The number of aryl methyl sites for hydroxylation is 3. The Morgan fingerprint density at radius 2 is 1.71 bits per heavy atom. The van der Waals surface area contributed by atoms with Gasteiger partial charge in [-0.15, -0.1) is 0 Å². The van der Waals surface area contributed by atoms with E-state index in [4.69, 9.17) is 9.05 Å². The third kappa shape index (κ3) is 3.18. The number of nitrogens with one attached hydrogen (secondary N) is 1. The summed E-state index contributed by atoms with van der Waals surface area (Å²) in [7, 11) is 0. The lowest BCUT2D eigenvalue weighted by atomic mass is 10.0. The van der Waals surface area contributed by atoms with Crippen molar-refractivity contribution >= 4 is 22.7 Å². The van der Waals surface area contributed by atoms with Crippen LogP contribution in [0.2, 0.25) is 0 Å². The van der Waals surface area contributed by atoms with Crippen molar-refractivity contribution < 1.29 is 13.8 Å². The Balaban J connectivity index is 1.71. The summed E-state index contributed by atoms with van der Waals surface area (Å²) in [4.78, 5) is 25.0. The van der Waals surface area contributed by atoms with Gasteiger partial charge in [0.1, 0.15) is 5.58 Å². The van der Waals surface area contributed by atoms with Crippen LogP contribution in [0.15, 0.2) is 56.3 Å². The van der Waals surface area contributed by atoms with E-state index >= 15 is 0 Å². The van der Waals surface area contributed by atoms with Gasteiger partial charge in [-0.3, -0.25) is 14.9 Å². The van der Waals surface area contributed by atoms with Crippen molar-refractivity contribution in [1.29, 1.82) is 0 Å². The van der Waals surface area contributed by atoms with E-state index < -0.39 is 5.91 Å². The molecule has 1 amide bonds. The largest absolute Gasteiger partial charge is 0.451 e. The number of nitrogens with zero attached hydrogens (tertiary/aromatic N) is 2. The van der Waals surface area contributed by atoms with Gasteiger partial charge in [-0.25, -0.2) is 4.63 Å². The van der Waals surface area contributed by atoms with Gasteiger partial charge in [0.15, 0.2) is 16.9 Å². The summed E-state index contributed by atoms with van der Waals surface area (Å²) in [5.41, 5.74) is 4.19. The molecule has 0 unspecified atom stereocenters. The van der Waals surface area contributed by atoms with Crippen LogP contribution in [0.3, 0.4) is 0 Å². The Hall–Kier alpha value is -3.74. The standard InChI is InChI=1S/C21H17N3O4/c1-11-4-6-13(3)15(8-11)19-20(24-28-23-19)22-21(26)18-10-16(25)14-7-5-12(2)9-17(14)27-18/h4-10H,1-3H3,(H,22,24,26). The Kier molecular flexibility index (Phi) is 4.27. The predicted molar refractivity (Wildman–Crippen MR) is 104 cm³/mol. The van der Waals surface area contributed by atoms with Crippen LogP contribution >= 0.6 is 0 Å². The van der Waals surface area contributed by atoms with Gasteiger partial charge in [0, 0.05) is 11.6 Å². The van der Waals surface area contributed by atoms with Crippen LogP contribution in [0.4, 0.5) is 5.82 Å². The van der Waals surface area contributed by atoms with Crippen molar-refractivity contribution in [3.8, 4) is 11.3 Å². The van der Waals surface area contributed by atoms with Crippen molar-refractivity contribution in [2.24, 2.45) is 0 Å². The molecule has 1 N–H and O–H groups in total. The van der Waals surface area contributed by atoms with Crippen LogP contribution in [0, 0.1) is 20.8 Å². The van der Waals surface area contributed by atoms with Crippen molar-refractivity contribution in [1.82, 2.24) is 10.3 Å². The summed E-state index contributed by atoms with van der Waals surface area (Å²) < 4.78 is 10.5. The molecule has 0 fully saturated rings. The summed E-state index contributed by atoms with van der Waals surface area (Å²) in [5.74, 6) is -0.563. The number of hydrogen-bond acceptors (Lipinski definition) is 6. The smallest absolute Gasteiger partial charge is 0.292 e. The van der Waals surface area contributed by atoms with Gasteiger partial charge >= 0.3 is 0 Å². The van der Waals surface area contributed by atoms with E-state index in [0.29, 0.717) is 16.7 Å². The number of hydrogen-bond donors (Lipinski definition) is 1. The summed E-state index contributed by atoms with van der Waals surface area (Å²) in [5, 5.41) is 10.7. The minimum absolute atomic E-state index is 0.113. The Labute approximate surface area is 160 Å². The number of rotatable bonds is 3. The van der Waals surface area contributed by atoms with Crippen molar-refractivity contribution in [2.45, 2.75) is 20.8 Å². The first-order chi connectivity index (χ1) is 13.4. The number of carbonyl (C=O) groups is 1. The maximum Gasteiger partial charge on any atom is 0.292 e. The summed E-state index contributed by atoms with van der Waals surface area (Å²) in [6.45, 7) is 5.77. The lowest BCUT2D eigenvalue weighted by molar-refractivity contribution is 0.0996. The lowest BCUT2D eigenvalue weighted by Gasteiger charge is -2.07. The molecular weight excluding hydrogens is 358 g/mol. The van der Waals surface area contributed by atoms with Crippen LogP contribution < -0.4 is 10.7 Å². The number of aromatic nitrogens is 2. The molecule has 4 rings (SSSR count). The van der Waals surface area contributed by atoms with E-state index in [0.717, 1.165) is 28.3 Å². The molecule has 2 heterocycles. The molecule has 2 aromatic carbocycles. The highest BCUT2D eigenvalue weighted by Gasteiger charge is 2.20.